The lowest BCUT2D eigenvalue weighted by Crippen LogP contribution is -2.53. The summed E-state index contributed by atoms with van der Waals surface area (Å²) in [6, 6.07) is 18.6. The fourth-order valence-electron chi connectivity index (χ4n) is 6.39. The van der Waals surface area contributed by atoms with Gasteiger partial charge in [0.15, 0.2) is 11.5 Å². The molecule has 2 aliphatic heterocycles. The van der Waals surface area contributed by atoms with Crippen molar-refractivity contribution in [3.05, 3.63) is 83.1 Å². The molecule has 2 aromatic heterocycles. The number of anilines is 1. The zero-order valence-electron chi connectivity index (χ0n) is 26.5. The highest BCUT2D eigenvalue weighted by molar-refractivity contribution is 5.97. The van der Waals surface area contributed by atoms with Crippen molar-refractivity contribution in [2.75, 3.05) is 52.0 Å². The molecule has 4 aromatic rings. The van der Waals surface area contributed by atoms with Crippen LogP contribution in [0.15, 0.2) is 77.4 Å². The van der Waals surface area contributed by atoms with Gasteiger partial charge in [-0.2, -0.15) is 5.26 Å². The summed E-state index contributed by atoms with van der Waals surface area (Å²) in [5, 5.41) is 9.97. The second-order valence-electron chi connectivity index (χ2n) is 12.5. The number of nitrogen functional groups attached to an aromatic ring is 1. The summed E-state index contributed by atoms with van der Waals surface area (Å²) in [6.07, 6.45) is 4.22. The molecule has 238 valence electrons. The summed E-state index contributed by atoms with van der Waals surface area (Å²) < 4.78 is 9.13. The maximum atomic E-state index is 14.0. The molecule has 0 saturated carbocycles. The van der Waals surface area contributed by atoms with Gasteiger partial charge in [0.25, 0.3) is 5.91 Å². The molecule has 0 aliphatic carbocycles. The van der Waals surface area contributed by atoms with E-state index in [9.17, 15) is 14.9 Å². The lowest BCUT2D eigenvalue weighted by Gasteiger charge is -2.42. The van der Waals surface area contributed by atoms with E-state index in [4.69, 9.17) is 10.5 Å². The number of benzene rings is 2. The minimum Gasteiger partial charge on any atom is -0.457 e. The van der Waals surface area contributed by atoms with E-state index in [-0.39, 0.29) is 29.0 Å². The lowest BCUT2D eigenvalue weighted by atomic mass is 9.96. The van der Waals surface area contributed by atoms with Gasteiger partial charge in [-0.05, 0) is 76.2 Å². The molecule has 4 heterocycles. The fraction of sp³-hybridized carbons (Fsp3) is 0.382. The van der Waals surface area contributed by atoms with Crippen LogP contribution in [0, 0.1) is 11.3 Å². The molecule has 2 fully saturated rings. The number of fused-ring (bicyclic) bond motifs is 1. The van der Waals surface area contributed by atoms with Crippen molar-refractivity contribution >= 4 is 22.9 Å². The molecule has 2 aromatic carbocycles. The maximum Gasteiger partial charge on any atom is 0.335 e. The van der Waals surface area contributed by atoms with Crippen molar-refractivity contribution in [1.29, 1.82) is 5.26 Å². The van der Waals surface area contributed by atoms with Crippen molar-refractivity contribution in [3.8, 4) is 23.3 Å². The van der Waals surface area contributed by atoms with Crippen molar-refractivity contribution in [1.82, 2.24) is 33.8 Å². The number of imidazole rings is 1. The topological polar surface area (TPSA) is 139 Å². The number of nitrogens with two attached hydrogens (primary N) is 1. The van der Waals surface area contributed by atoms with E-state index in [0.29, 0.717) is 54.3 Å². The number of carbonyl (C=O) groups excluding carboxylic acids is 1. The molecular weight excluding hydrogens is 582 g/mol. The smallest absolute Gasteiger partial charge is 0.335 e. The molecule has 2 saturated heterocycles. The minimum atomic E-state index is -0.430. The number of hydrogen-bond donors (Lipinski definition) is 1. The Morgan fingerprint density at radius 3 is 2.28 bits per heavy atom. The SMILES string of the molecule is CN1CCN(C(C)(C)/C=C(/C#N)C(=O)N2CCC(n3c(=O)n(-c4ccc(Oc5ccccc5)cc4)c4c(N)ncnc43)CC2)CC1. The summed E-state index contributed by atoms with van der Waals surface area (Å²) >= 11 is 0. The number of nitrogens with zero attached hydrogens (tertiary/aromatic N) is 8. The number of amides is 1. The Kier molecular flexibility index (Phi) is 8.62. The lowest BCUT2D eigenvalue weighted by molar-refractivity contribution is -0.128. The summed E-state index contributed by atoms with van der Waals surface area (Å²) in [5.41, 5.74) is 7.24. The standard InChI is InChI=1S/C34H39N9O3/c1-34(2,41-19-17-39(3)18-20-41)21-24(22-35)32(44)40-15-13-26(14-16-40)43-31-29(30(36)37-23-38-31)42(33(43)45)25-9-11-28(12-10-25)46-27-7-5-4-6-8-27/h4-12,21,23,26H,13-20H2,1-3H3,(H2,36,37,38)/b24-21-. The van der Waals surface area contributed by atoms with Crippen molar-refractivity contribution < 1.29 is 9.53 Å². The van der Waals surface area contributed by atoms with Crippen molar-refractivity contribution in [3.63, 3.8) is 0 Å². The van der Waals surface area contributed by atoms with Crippen LogP contribution in [-0.4, -0.2) is 91.6 Å². The molecular formula is C34H39N9O3. The summed E-state index contributed by atoms with van der Waals surface area (Å²) in [5.74, 6) is 1.26. The van der Waals surface area contributed by atoms with Crippen LogP contribution in [0.4, 0.5) is 5.82 Å². The van der Waals surface area contributed by atoms with Crippen molar-refractivity contribution in [2.45, 2.75) is 38.3 Å². The van der Waals surface area contributed by atoms with Crippen LogP contribution in [0.1, 0.15) is 32.7 Å². The quantitative estimate of drug-likeness (QED) is 0.242. The predicted molar refractivity (Wildman–Crippen MR) is 176 cm³/mol. The highest BCUT2D eigenvalue weighted by atomic mass is 16.5. The van der Waals surface area contributed by atoms with Gasteiger partial charge in [-0.25, -0.2) is 14.8 Å². The van der Waals surface area contributed by atoms with E-state index in [0.717, 1.165) is 26.2 Å². The molecule has 6 rings (SSSR count). The number of piperazine rings is 1. The Hall–Kier alpha value is -4.99. The number of aromatic nitrogens is 4. The van der Waals surface area contributed by atoms with Gasteiger partial charge in [-0.3, -0.25) is 18.8 Å². The van der Waals surface area contributed by atoms with E-state index < -0.39 is 5.54 Å². The van der Waals surface area contributed by atoms with E-state index in [1.165, 1.54) is 10.9 Å². The number of ether oxygens (including phenoxy) is 1. The first-order chi connectivity index (χ1) is 22.2. The highest BCUT2D eigenvalue weighted by Crippen LogP contribution is 2.30. The second-order valence-corrected chi connectivity index (χ2v) is 12.5. The zero-order chi connectivity index (χ0) is 32.4. The molecule has 0 radical (unpaired) electrons. The first-order valence-corrected chi connectivity index (χ1v) is 15.6. The second kappa shape index (κ2) is 12.8. The van der Waals surface area contributed by atoms with Gasteiger partial charge >= 0.3 is 5.69 Å². The van der Waals surface area contributed by atoms with Gasteiger partial charge in [0.2, 0.25) is 0 Å². The number of nitriles is 1. The average Bonchev–Trinajstić information content (AvgIpc) is 3.37. The Bertz CT molecular complexity index is 1840. The van der Waals surface area contributed by atoms with Crippen LogP contribution in [-0.2, 0) is 4.79 Å². The van der Waals surface area contributed by atoms with Gasteiger partial charge in [0.05, 0.1) is 5.69 Å². The molecule has 0 spiro atoms. The van der Waals surface area contributed by atoms with E-state index in [2.05, 4.69) is 46.7 Å². The predicted octanol–water partition coefficient (Wildman–Crippen LogP) is 3.60. The minimum absolute atomic E-state index is 0.149. The van der Waals surface area contributed by atoms with E-state index >= 15 is 0 Å². The first-order valence-electron chi connectivity index (χ1n) is 15.6. The molecule has 12 nitrogen and oxygen atoms in total. The number of likely N-dealkylation sites (tertiary alicyclic amines) is 1. The van der Waals surface area contributed by atoms with Gasteiger partial charge in [-0.15, -0.1) is 0 Å². The van der Waals surface area contributed by atoms with Crippen LogP contribution in [0.3, 0.4) is 0 Å². The molecule has 0 bridgehead atoms. The zero-order valence-corrected chi connectivity index (χ0v) is 26.5. The Labute approximate surface area is 267 Å². The van der Waals surface area contributed by atoms with Gasteiger partial charge in [0.1, 0.15) is 35.0 Å². The normalized spacial score (nSPS) is 17.3. The van der Waals surface area contributed by atoms with E-state index in [1.807, 2.05) is 30.3 Å². The largest absolute Gasteiger partial charge is 0.457 e. The van der Waals surface area contributed by atoms with Crippen LogP contribution < -0.4 is 16.2 Å². The number of piperidine rings is 1. The summed E-state index contributed by atoms with van der Waals surface area (Å²) in [6.45, 7) is 8.55. The molecule has 2 aliphatic rings. The number of hydrogen-bond acceptors (Lipinski definition) is 9. The van der Waals surface area contributed by atoms with Crippen LogP contribution >= 0.6 is 0 Å². The Morgan fingerprint density at radius 2 is 1.63 bits per heavy atom. The molecule has 46 heavy (non-hydrogen) atoms. The van der Waals surface area contributed by atoms with E-state index in [1.54, 1.807) is 39.8 Å². The Morgan fingerprint density at radius 1 is 0.978 bits per heavy atom. The Balaban J connectivity index is 1.22. The van der Waals surface area contributed by atoms with Gasteiger partial charge < -0.3 is 20.3 Å². The number of rotatable bonds is 7. The van der Waals surface area contributed by atoms with Crippen LogP contribution in [0.2, 0.25) is 0 Å². The molecule has 2 N–H and O–H groups in total. The average molecular weight is 622 g/mol. The molecule has 0 unspecified atom stereocenters. The number of carbonyl (C=O) groups is 1. The van der Waals surface area contributed by atoms with Gasteiger partial charge in [-0.1, -0.05) is 18.2 Å². The third-order valence-electron chi connectivity index (χ3n) is 9.04. The summed E-state index contributed by atoms with van der Waals surface area (Å²) in [7, 11) is 2.10. The third-order valence-corrected chi connectivity index (χ3v) is 9.04. The van der Waals surface area contributed by atoms with Crippen molar-refractivity contribution in [2.24, 2.45) is 0 Å². The number of likely N-dealkylation sites (N-methyl/N-ethyl adjacent to an activating group) is 1. The van der Waals surface area contributed by atoms with Gasteiger partial charge in [0, 0.05) is 50.8 Å². The molecule has 12 heteroatoms. The van der Waals surface area contributed by atoms with Crippen LogP contribution in [0.5, 0.6) is 11.5 Å². The van der Waals surface area contributed by atoms with Crippen LogP contribution in [0.25, 0.3) is 16.9 Å². The molecule has 1 amide bonds. The highest BCUT2D eigenvalue weighted by Gasteiger charge is 2.33. The number of para-hydroxylation sites is 1. The summed E-state index contributed by atoms with van der Waals surface area (Å²) in [4.78, 5) is 42.5. The first kappa shape index (κ1) is 31.0. The maximum absolute atomic E-state index is 14.0. The fourth-order valence-corrected chi connectivity index (χ4v) is 6.39. The third kappa shape index (κ3) is 6.11. The monoisotopic (exact) mass is 621 g/mol. The molecule has 0 atom stereocenters.